The van der Waals surface area contributed by atoms with E-state index in [1.807, 2.05) is 33.2 Å². The zero-order valence-corrected chi connectivity index (χ0v) is 10.8. The highest BCUT2D eigenvalue weighted by atomic mass is 16.1. The molecule has 0 radical (unpaired) electrons. The smallest absolute Gasteiger partial charge is 0.255 e. The van der Waals surface area contributed by atoms with Crippen LogP contribution in [0.4, 0.5) is 0 Å². The van der Waals surface area contributed by atoms with E-state index in [4.69, 9.17) is 0 Å². The first kappa shape index (κ1) is 12.3. The van der Waals surface area contributed by atoms with E-state index in [0.717, 1.165) is 5.69 Å². The zero-order valence-electron chi connectivity index (χ0n) is 10.8. The van der Waals surface area contributed by atoms with Gasteiger partial charge in [-0.25, -0.2) is 0 Å². The fraction of sp³-hybridized carbons (Fsp3) is 0.417. The average molecular weight is 247 g/mol. The van der Waals surface area contributed by atoms with Crippen LogP contribution in [-0.4, -0.2) is 31.5 Å². The molecule has 2 aromatic rings. The van der Waals surface area contributed by atoms with Gasteiger partial charge in [0.05, 0.1) is 18.3 Å². The number of nitrogens with zero attached hydrogens (tertiary/aromatic N) is 4. The van der Waals surface area contributed by atoms with Crippen LogP contribution in [0.25, 0.3) is 0 Å². The predicted molar refractivity (Wildman–Crippen MR) is 67.1 cm³/mol. The second-order valence-corrected chi connectivity index (χ2v) is 4.37. The summed E-state index contributed by atoms with van der Waals surface area (Å²) in [5, 5.41) is 11.1. The van der Waals surface area contributed by atoms with Crippen molar-refractivity contribution >= 4 is 5.91 Å². The maximum Gasteiger partial charge on any atom is 0.255 e. The number of carbonyl (C=O) groups is 1. The van der Waals surface area contributed by atoms with Crippen LogP contribution in [0, 0.1) is 6.92 Å². The monoisotopic (exact) mass is 247 g/mol. The maximum absolute atomic E-state index is 12.0. The number of nitrogens with one attached hydrogen (secondary N) is 1. The van der Waals surface area contributed by atoms with Crippen LogP contribution >= 0.6 is 0 Å². The number of aromatic nitrogens is 4. The van der Waals surface area contributed by atoms with Crippen molar-refractivity contribution in [1.82, 2.24) is 24.9 Å². The molecule has 6 heteroatoms. The molecule has 6 nitrogen and oxygen atoms in total. The van der Waals surface area contributed by atoms with Crippen LogP contribution in [0.1, 0.15) is 23.0 Å². The topological polar surface area (TPSA) is 64.7 Å². The molecule has 0 bridgehead atoms. The van der Waals surface area contributed by atoms with Gasteiger partial charge in [-0.3, -0.25) is 14.2 Å². The number of hydrogen-bond donors (Lipinski definition) is 1. The zero-order chi connectivity index (χ0) is 13.1. The Kier molecular flexibility index (Phi) is 3.45. The summed E-state index contributed by atoms with van der Waals surface area (Å²) in [6.45, 7) is 4.48. The predicted octanol–water partition coefficient (Wildman–Crippen LogP) is 0.744. The largest absolute Gasteiger partial charge is 0.348 e. The molecule has 0 aliphatic carbocycles. The molecule has 0 saturated heterocycles. The van der Waals surface area contributed by atoms with Crippen molar-refractivity contribution < 1.29 is 4.79 Å². The van der Waals surface area contributed by atoms with Gasteiger partial charge in [-0.15, -0.1) is 0 Å². The molecule has 0 aliphatic rings. The molecule has 2 heterocycles. The molecule has 1 amide bonds. The summed E-state index contributed by atoms with van der Waals surface area (Å²) < 4.78 is 3.48. The normalized spacial score (nSPS) is 12.4. The lowest BCUT2D eigenvalue weighted by Gasteiger charge is -2.13. The summed E-state index contributed by atoms with van der Waals surface area (Å²) in [7, 11) is 1.82. The van der Waals surface area contributed by atoms with Gasteiger partial charge in [-0.05, 0) is 19.9 Å². The van der Waals surface area contributed by atoms with E-state index in [9.17, 15) is 4.79 Å². The number of hydrogen-bond acceptors (Lipinski definition) is 3. The quantitative estimate of drug-likeness (QED) is 0.866. The van der Waals surface area contributed by atoms with Gasteiger partial charge in [0.15, 0.2) is 0 Å². The van der Waals surface area contributed by atoms with Gasteiger partial charge in [0, 0.05) is 31.2 Å². The molecule has 0 aliphatic heterocycles. The number of carbonyl (C=O) groups excluding carboxylic acids is 1. The van der Waals surface area contributed by atoms with E-state index in [-0.39, 0.29) is 11.9 Å². The minimum absolute atomic E-state index is 0.0111. The molecule has 1 N–H and O–H groups in total. The van der Waals surface area contributed by atoms with Gasteiger partial charge in [-0.1, -0.05) is 0 Å². The van der Waals surface area contributed by atoms with Crippen molar-refractivity contribution in [3.63, 3.8) is 0 Å². The Morgan fingerprint density at radius 1 is 1.50 bits per heavy atom. The maximum atomic E-state index is 12.0. The molecule has 1 atom stereocenters. The first-order valence-electron chi connectivity index (χ1n) is 5.85. The Labute approximate surface area is 106 Å². The Hall–Kier alpha value is -2.11. The molecule has 18 heavy (non-hydrogen) atoms. The Morgan fingerprint density at radius 3 is 2.83 bits per heavy atom. The molecular formula is C12H17N5O. The lowest BCUT2D eigenvalue weighted by Crippen LogP contribution is -2.36. The highest BCUT2D eigenvalue weighted by Gasteiger charge is 2.15. The molecule has 1 unspecified atom stereocenters. The molecule has 0 saturated carbocycles. The van der Waals surface area contributed by atoms with E-state index in [0.29, 0.717) is 12.1 Å². The molecule has 2 rings (SSSR count). The molecular weight excluding hydrogens is 230 g/mol. The van der Waals surface area contributed by atoms with Crippen LogP contribution in [0.3, 0.4) is 0 Å². The van der Waals surface area contributed by atoms with E-state index < -0.39 is 0 Å². The third kappa shape index (κ3) is 2.58. The van der Waals surface area contributed by atoms with Crippen LogP contribution in [0.15, 0.2) is 24.7 Å². The van der Waals surface area contributed by atoms with Gasteiger partial charge >= 0.3 is 0 Å². The average Bonchev–Trinajstić information content (AvgIpc) is 2.91. The second kappa shape index (κ2) is 5.03. The summed E-state index contributed by atoms with van der Waals surface area (Å²) in [6.07, 6.45) is 5.18. The van der Waals surface area contributed by atoms with Gasteiger partial charge in [-0.2, -0.15) is 10.2 Å². The van der Waals surface area contributed by atoms with Crippen molar-refractivity contribution in [1.29, 1.82) is 0 Å². The fourth-order valence-electron chi connectivity index (χ4n) is 1.76. The van der Waals surface area contributed by atoms with Crippen molar-refractivity contribution in [2.24, 2.45) is 7.05 Å². The lowest BCUT2D eigenvalue weighted by atomic mass is 10.2. The third-order valence-electron chi connectivity index (χ3n) is 2.88. The van der Waals surface area contributed by atoms with Crippen molar-refractivity contribution in [2.45, 2.75) is 26.4 Å². The van der Waals surface area contributed by atoms with Gasteiger partial charge < -0.3 is 5.32 Å². The summed E-state index contributed by atoms with van der Waals surface area (Å²) in [5.74, 6) is -0.0970. The van der Waals surface area contributed by atoms with E-state index in [1.165, 1.54) is 0 Å². The van der Waals surface area contributed by atoms with Crippen LogP contribution in [0.2, 0.25) is 0 Å². The Balaban J connectivity index is 1.97. The highest BCUT2D eigenvalue weighted by molar-refractivity contribution is 5.95. The van der Waals surface area contributed by atoms with Crippen LogP contribution < -0.4 is 5.32 Å². The summed E-state index contributed by atoms with van der Waals surface area (Å²) in [4.78, 5) is 12.0. The molecule has 0 aromatic carbocycles. The van der Waals surface area contributed by atoms with Crippen molar-refractivity contribution in [2.75, 3.05) is 0 Å². The van der Waals surface area contributed by atoms with Crippen molar-refractivity contribution in [3.05, 3.63) is 35.9 Å². The number of amides is 1. The Bertz CT molecular complexity index is 529. The summed E-state index contributed by atoms with van der Waals surface area (Å²) >= 11 is 0. The molecule has 0 fully saturated rings. The molecule has 96 valence electrons. The van der Waals surface area contributed by atoms with Gasteiger partial charge in [0.2, 0.25) is 0 Å². The number of aryl methyl sites for hydroxylation is 1. The van der Waals surface area contributed by atoms with Crippen molar-refractivity contribution in [3.8, 4) is 0 Å². The minimum atomic E-state index is -0.0970. The van der Waals surface area contributed by atoms with Gasteiger partial charge in [0.25, 0.3) is 5.91 Å². The highest BCUT2D eigenvalue weighted by Crippen LogP contribution is 2.05. The van der Waals surface area contributed by atoms with Crippen LogP contribution in [-0.2, 0) is 13.6 Å². The molecule has 0 spiro atoms. The SMILES string of the molecule is Cc1c(C(=O)NC(C)Cn2cccn2)cnn1C. The molecule has 2 aromatic heterocycles. The first-order valence-corrected chi connectivity index (χ1v) is 5.85. The standard InChI is InChI=1S/C12H17N5O/c1-9(8-17-6-4-5-13-17)15-12(18)11-7-14-16(3)10(11)2/h4-7,9H,8H2,1-3H3,(H,15,18). The fourth-order valence-corrected chi connectivity index (χ4v) is 1.76. The first-order chi connectivity index (χ1) is 8.58. The minimum Gasteiger partial charge on any atom is -0.348 e. The van der Waals surface area contributed by atoms with E-state index in [1.54, 1.807) is 21.8 Å². The van der Waals surface area contributed by atoms with E-state index in [2.05, 4.69) is 15.5 Å². The van der Waals surface area contributed by atoms with Crippen LogP contribution in [0.5, 0.6) is 0 Å². The Morgan fingerprint density at radius 2 is 2.28 bits per heavy atom. The summed E-state index contributed by atoms with van der Waals surface area (Å²) in [6, 6.07) is 1.87. The summed E-state index contributed by atoms with van der Waals surface area (Å²) in [5.41, 5.74) is 1.48. The third-order valence-corrected chi connectivity index (χ3v) is 2.88. The van der Waals surface area contributed by atoms with Gasteiger partial charge in [0.1, 0.15) is 0 Å². The van der Waals surface area contributed by atoms with E-state index >= 15 is 0 Å². The number of rotatable bonds is 4. The second-order valence-electron chi connectivity index (χ2n) is 4.37. The lowest BCUT2D eigenvalue weighted by molar-refractivity contribution is 0.0935.